The Morgan fingerprint density at radius 1 is 1.03 bits per heavy atom. The van der Waals surface area contributed by atoms with Gasteiger partial charge < -0.3 is 15.4 Å². The minimum absolute atomic E-state index is 0.0166. The molecular weight excluding hydrogens is 430 g/mol. The number of hydrogen-bond acceptors (Lipinski definition) is 4. The van der Waals surface area contributed by atoms with E-state index in [-0.39, 0.29) is 24.0 Å². The first-order chi connectivity index (χ1) is 16.1. The van der Waals surface area contributed by atoms with Crippen LogP contribution >= 0.6 is 0 Å². The number of carbonyl (C=O) groups is 3. The lowest BCUT2D eigenvalue weighted by molar-refractivity contribution is -0.139. The summed E-state index contributed by atoms with van der Waals surface area (Å²) in [6, 6.07) is 13.8. The summed E-state index contributed by atoms with van der Waals surface area (Å²) in [7, 11) is 0. The second kappa shape index (κ2) is 10.1. The third-order valence-corrected chi connectivity index (χ3v) is 5.92. The normalized spacial score (nSPS) is 16.2. The smallest absolute Gasteiger partial charge is 0.338 e. The number of benzene rings is 2. The lowest BCUT2D eigenvalue weighted by Gasteiger charge is -2.34. The molecular formula is C27H33N3O4. The molecule has 0 radical (unpaired) electrons. The van der Waals surface area contributed by atoms with E-state index in [1.54, 1.807) is 38.1 Å². The summed E-state index contributed by atoms with van der Waals surface area (Å²) >= 11 is 0. The van der Waals surface area contributed by atoms with E-state index in [0.29, 0.717) is 29.1 Å². The Morgan fingerprint density at radius 3 is 2.18 bits per heavy atom. The fourth-order valence-electron chi connectivity index (χ4n) is 3.97. The molecule has 0 spiro atoms. The van der Waals surface area contributed by atoms with Gasteiger partial charge in [-0.2, -0.15) is 0 Å². The number of hydrogen-bond donors (Lipinski definition) is 2. The molecule has 7 nitrogen and oxygen atoms in total. The van der Waals surface area contributed by atoms with Crippen LogP contribution in [0.3, 0.4) is 0 Å². The molecule has 1 atom stereocenters. The van der Waals surface area contributed by atoms with Crippen LogP contribution in [0.25, 0.3) is 0 Å². The topological polar surface area (TPSA) is 87.7 Å². The highest BCUT2D eigenvalue weighted by atomic mass is 16.5. The van der Waals surface area contributed by atoms with Gasteiger partial charge in [-0.3, -0.25) is 9.69 Å². The molecule has 0 saturated heterocycles. The lowest BCUT2D eigenvalue weighted by atomic mass is 9.87. The number of amides is 3. The van der Waals surface area contributed by atoms with Gasteiger partial charge in [0.2, 0.25) is 0 Å². The number of esters is 1. The zero-order chi connectivity index (χ0) is 25.0. The molecule has 0 fully saturated rings. The quantitative estimate of drug-likeness (QED) is 0.579. The maximum Gasteiger partial charge on any atom is 0.338 e. The molecule has 0 saturated carbocycles. The number of nitrogens with one attached hydrogen (secondary N) is 2. The van der Waals surface area contributed by atoms with Gasteiger partial charge in [0, 0.05) is 23.5 Å². The fourth-order valence-corrected chi connectivity index (χ4v) is 3.97. The van der Waals surface area contributed by atoms with Gasteiger partial charge in [0.1, 0.15) is 0 Å². The number of nitrogens with zero attached hydrogens (tertiary/aromatic N) is 1. The molecule has 1 unspecified atom stereocenters. The van der Waals surface area contributed by atoms with Crippen LogP contribution in [0.5, 0.6) is 0 Å². The van der Waals surface area contributed by atoms with E-state index in [0.717, 1.165) is 11.1 Å². The largest absolute Gasteiger partial charge is 0.463 e. The first-order valence-corrected chi connectivity index (χ1v) is 11.5. The summed E-state index contributed by atoms with van der Waals surface area (Å²) in [4.78, 5) is 39.5. The molecule has 0 aromatic heterocycles. The molecule has 3 amide bonds. The van der Waals surface area contributed by atoms with E-state index in [1.165, 1.54) is 4.90 Å². The maximum absolute atomic E-state index is 12.7. The van der Waals surface area contributed by atoms with Crippen molar-refractivity contribution in [3.8, 4) is 0 Å². The van der Waals surface area contributed by atoms with Crippen LogP contribution in [0, 0.1) is 0 Å². The number of carbonyl (C=O) groups excluding carboxylic acids is 3. The van der Waals surface area contributed by atoms with E-state index in [1.807, 2.05) is 31.2 Å². The molecule has 1 aliphatic heterocycles. The second-order valence-corrected chi connectivity index (χ2v) is 9.25. The molecule has 3 rings (SSSR count). The van der Waals surface area contributed by atoms with Gasteiger partial charge in [-0.15, -0.1) is 0 Å². The lowest BCUT2D eigenvalue weighted by Crippen LogP contribution is -2.47. The van der Waals surface area contributed by atoms with Gasteiger partial charge in [0.05, 0.1) is 18.2 Å². The van der Waals surface area contributed by atoms with E-state index in [4.69, 9.17) is 4.74 Å². The molecule has 1 heterocycles. The Labute approximate surface area is 201 Å². The van der Waals surface area contributed by atoms with Crippen molar-refractivity contribution in [2.24, 2.45) is 0 Å². The number of rotatable bonds is 6. The van der Waals surface area contributed by atoms with Crippen LogP contribution in [0.2, 0.25) is 0 Å². The third-order valence-electron chi connectivity index (χ3n) is 5.92. The predicted molar refractivity (Wildman–Crippen MR) is 133 cm³/mol. The number of anilines is 1. The van der Waals surface area contributed by atoms with Crippen molar-refractivity contribution >= 4 is 23.6 Å². The van der Waals surface area contributed by atoms with Gasteiger partial charge in [-0.25, -0.2) is 9.59 Å². The zero-order valence-corrected chi connectivity index (χ0v) is 20.7. The van der Waals surface area contributed by atoms with Crippen molar-refractivity contribution < 1.29 is 19.1 Å². The van der Waals surface area contributed by atoms with Crippen LogP contribution in [0.1, 0.15) is 69.1 Å². The Balaban J connectivity index is 1.81. The second-order valence-electron chi connectivity index (χ2n) is 9.25. The van der Waals surface area contributed by atoms with Gasteiger partial charge >= 0.3 is 12.0 Å². The Hall–Kier alpha value is -3.61. The molecule has 7 heteroatoms. The molecule has 2 aromatic carbocycles. The molecule has 0 bridgehead atoms. The third kappa shape index (κ3) is 5.30. The minimum Gasteiger partial charge on any atom is -0.463 e. The maximum atomic E-state index is 12.7. The molecule has 34 heavy (non-hydrogen) atoms. The summed E-state index contributed by atoms with van der Waals surface area (Å²) < 4.78 is 5.25. The highest BCUT2D eigenvalue weighted by Crippen LogP contribution is 2.32. The van der Waals surface area contributed by atoms with E-state index < -0.39 is 12.0 Å². The Bertz CT molecular complexity index is 1100. The fraction of sp³-hybridized carbons (Fsp3) is 0.370. The highest BCUT2D eigenvalue weighted by Gasteiger charge is 2.35. The monoisotopic (exact) mass is 463 g/mol. The molecule has 2 N–H and O–H groups in total. The number of urea groups is 1. The molecule has 2 aromatic rings. The summed E-state index contributed by atoms with van der Waals surface area (Å²) in [5, 5.41) is 5.79. The summed E-state index contributed by atoms with van der Waals surface area (Å²) in [5.41, 5.74) is 4.06. The highest BCUT2D eigenvalue weighted by molar-refractivity contribution is 6.04. The van der Waals surface area contributed by atoms with Crippen LogP contribution < -0.4 is 10.6 Å². The first-order valence-electron chi connectivity index (χ1n) is 11.5. The minimum atomic E-state index is -0.635. The van der Waals surface area contributed by atoms with Crippen LogP contribution in [0.4, 0.5) is 10.5 Å². The zero-order valence-electron chi connectivity index (χ0n) is 20.7. The summed E-state index contributed by atoms with van der Waals surface area (Å²) in [6.45, 7) is 12.4. The van der Waals surface area contributed by atoms with Crippen LogP contribution in [0.15, 0.2) is 59.8 Å². The average molecular weight is 464 g/mol. The standard InChI is InChI=1S/C27H33N3O4/c1-7-30-17(3)22(25(32)34-8-2)23(29-26(30)33)18-11-15-21(16-12-18)28-24(31)19-9-13-20(14-10-19)27(4,5)6/h9-16,23H,7-8H2,1-6H3,(H,28,31)(H,29,33). The van der Waals surface area contributed by atoms with Gasteiger partial charge in [-0.05, 0) is 61.6 Å². The van der Waals surface area contributed by atoms with E-state index in [2.05, 4.69) is 31.4 Å². The number of ether oxygens (including phenoxy) is 1. The molecule has 0 aliphatic carbocycles. The van der Waals surface area contributed by atoms with Crippen molar-refractivity contribution in [2.45, 2.75) is 53.0 Å². The van der Waals surface area contributed by atoms with Gasteiger partial charge in [0.25, 0.3) is 5.91 Å². The summed E-state index contributed by atoms with van der Waals surface area (Å²) in [5.74, 6) is -0.666. The van der Waals surface area contributed by atoms with Gasteiger partial charge in [-0.1, -0.05) is 45.0 Å². The van der Waals surface area contributed by atoms with E-state index in [9.17, 15) is 14.4 Å². The molecule has 1 aliphatic rings. The summed E-state index contributed by atoms with van der Waals surface area (Å²) in [6.07, 6.45) is 0. The average Bonchev–Trinajstić information content (AvgIpc) is 2.79. The SMILES string of the molecule is CCOC(=O)C1=C(C)N(CC)C(=O)NC1c1ccc(NC(=O)c2ccc(C(C)(C)C)cc2)cc1. The van der Waals surface area contributed by atoms with E-state index >= 15 is 0 Å². The Kier molecular flexibility index (Phi) is 7.44. The van der Waals surface area contributed by atoms with Crippen molar-refractivity contribution in [3.05, 3.63) is 76.5 Å². The van der Waals surface area contributed by atoms with Gasteiger partial charge in [0.15, 0.2) is 0 Å². The number of allylic oxidation sites excluding steroid dienone is 1. The predicted octanol–water partition coefficient (Wildman–Crippen LogP) is 5.16. The van der Waals surface area contributed by atoms with Crippen molar-refractivity contribution in [3.63, 3.8) is 0 Å². The van der Waals surface area contributed by atoms with Crippen molar-refractivity contribution in [2.75, 3.05) is 18.5 Å². The first kappa shape index (κ1) is 25.0. The van der Waals surface area contributed by atoms with Crippen molar-refractivity contribution in [1.29, 1.82) is 0 Å². The molecule has 180 valence electrons. The van der Waals surface area contributed by atoms with Crippen LogP contribution in [-0.2, 0) is 14.9 Å². The van der Waals surface area contributed by atoms with Crippen LogP contribution in [-0.4, -0.2) is 36.0 Å². The Morgan fingerprint density at radius 2 is 1.65 bits per heavy atom. The van der Waals surface area contributed by atoms with Crippen molar-refractivity contribution in [1.82, 2.24) is 10.2 Å².